The normalized spacial score (nSPS) is 19.9. The monoisotopic (exact) mass is 623 g/mol. The zero-order chi connectivity index (χ0) is 29.5. The predicted octanol–water partition coefficient (Wildman–Crippen LogP) is 2.15. The Balaban J connectivity index is 1.45. The molecule has 15 nitrogen and oxygen atoms in total. The average molecular weight is 624 g/mol. The number of nitrogens with one attached hydrogen (secondary N) is 1. The number of thioether (sulfide) groups is 1. The molecule has 0 spiro atoms. The van der Waals surface area contributed by atoms with Crippen molar-refractivity contribution < 1.29 is 38.2 Å². The number of oxime groups is 1. The standard InChI is InChI=1S/C23H25N7O8S3/c1-4-11(2)35-23(34)37-12(3)36-21(33)18-13(5-6-14-9-41-29-28-14)8-39-20-17(19(32)30(18)20)26-15(31)7-25-38-16-10-40-22(24)27-16/h5-7,9-12,17,20H,4,8H2,1-3H3,(H2,24,27)(H,26,31)/b6-5-,25-7-. The molecule has 4 heterocycles. The molecule has 2 amide bonds. The van der Waals surface area contributed by atoms with Crippen molar-refractivity contribution in [2.45, 2.75) is 51.0 Å². The molecule has 4 rings (SSSR count). The molecule has 0 aromatic carbocycles. The summed E-state index contributed by atoms with van der Waals surface area (Å²) in [4.78, 5) is 60.8. The molecule has 0 saturated carbocycles. The topological polar surface area (TPSA) is 198 Å². The SMILES string of the molecule is CCC(C)OC(=O)OC(C)OC(=O)C1=C(/C=C\c2csnn2)CSC2C(NC(=O)/C=N\Oc3csc(N)n3)C(=O)N12. The van der Waals surface area contributed by atoms with E-state index in [1.54, 1.807) is 24.5 Å². The fraction of sp³-hybridized carbons (Fsp3) is 0.391. The summed E-state index contributed by atoms with van der Waals surface area (Å²) in [5.41, 5.74) is 6.50. The number of aromatic nitrogens is 3. The van der Waals surface area contributed by atoms with E-state index in [4.69, 9.17) is 24.8 Å². The Morgan fingerprint density at radius 1 is 1.24 bits per heavy atom. The number of amides is 2. The van der Waals surface area contributed by atoms with Gasteiger partial charge in [0.05, 0.1) is 11.1 Å². The Hall–Kier alpha value is -4.03. The number of hydrogen-bond donors (Lipinski definition) is 2. The molecule has 3 N–H and O–H groups in total. The van der Waals surface area contributed by atoms with E-state index in [0.29, 0.717) is 23.4 Å². The summed E-state index contributed by atoms with van der Waals surface area (Å²) in [7, 11) is 0. The molecule has 0 aliphatic carbocycles. The highest BCUT2D eigenvalue weighted by Gasteiger charge is 2.54. The van der Waals surface area contributed by atoms with Crippen LogP contribution in [0.1, 0.15) is 32.9 Å². The van der Waals surface area contributed by atoms with Crippen molar-refractivity contribution in [3.8, 4) is 5.88 Å². The maximum atomic E-state index is 13.3. The molecule has 2 aliphatic rings. The van der Waals surface area contributed by atoms with Gasteiger partial charge in [0.25, 0.3) is 17.7 Å². The Morgan fingerprint density at radius 3 is 2.73 bits per heavy atom. The largest absolute Gasteiger partial charge is 0.511 e. The van der Waals surface area contributed by atoms with Crippen molar-refractivity contribution in [2.24, 2.45) is 5.16 Å². The lowest BCUT2D eigenvalue weighted by Crippen LogP contribution is -2.70. The molecular formula is C23H25N7O8S3. The first-order valence-electron chi connectivity index (χ1n) is 12.1. The van der Waals surface area contributed by atoms with Gasteiger partial charge in [0, 0.05) is 18.1 Å². The van der Waals surface area contributed by atoms with Crippen LogP contribution in [-0.4, -0.2) is 79.2 Å². The highest BCUT2D eigenvalue weighted by atomic mass is 32.2. The van der Waals surface area contributed by atoms with Crippen LogP contribution in [0.25, 0.3) is 6.08 Å². The maximum absolute atomic E-state index is 13.3. The Labute approximate surface area is 245 Å². The van der Waals surface area contributed by atoms with Gasteiger partial charge in [-0.3, -0.25) is 14.5 Å². The van der Waals surface area contributed by atoms with Gasteiger partial charge < -0.3 is 30.1 Å². The minimum Gasteiger partial charge on any atom is -0.431 e. The molecule has 2 aliphatic heterocycles. The minimum absolute atomic E-state index is 0.0486. The lowest BCUT2D eigenvalue weighted by Gasteiger charge is -2.49. The molecule has 41 heavy (non-hydrogen) atoms. The van der Waals surface area contributed by atoms with E-state index in [0.717, 1.165) is 29.1 Å². The van der Waals surface area contributed by atoms with Gasteiger partial charge in [-0.25, -0.2) is 9.59 Å². The first kappa shape index (κ1) is 29.9. The number of nitrogen functional groups attached to an aromatic ring is 1. The molecule has 18 heteroatoms. The van der Waals surface area contributed by atoms with E-state index in [-0.39, 0.29) is 22.8 Å². The van der Waals surface area contributed by atoms with Crippen LogP contribution >= 0.6 is 34.6 Å². The Morgan fingerprint density at radius 2 is 2.05 bits per heavy atom. The van der Waals surface area contributed by atoms with Crippen LogP contribution in [0, 0.1) is 0 Å². The summed E-state index contributed by atoms with van der Waals surface area (Å²) >= 11 is 3.63. The Bertz CT molecular complexity index is 1380. The van der Waals surface area contributed by atoms with Crippen molar-refractivity contribution in [3.63, 3.8) is 0 Å². The zero-order valence-corrected chi connectivity index (χ0v) is 24.4. The fourth-order valence-electron chi connectivity index (χ4n) is 3.46. The number of hydrogen-bond acceptors (Lipinski definition) is 16. The van der Waals surface area contributed by atoms with Crippen LogP contribution in [0.4, 0.5) is 9.93 Å². The van der Waals surface area contributed by atoms with E-state index in [1.165, 1.54) is 29.0 Å². The maximum Gasteiger partial charge on any atom is 0.511 e. The smallest absolute Gasteiger partial charge is 0.431 e. The number of anilines is 1. The Kier molecular flexibility index (Phi) is 9.90. The number of esters is 1. The predicted molar refractivity (Wildman–Crippen MR) is 150 cm³/mol. The van der Waals surface area contributed by atoms with Crippen LogP contribution in [0.3, 0.4) is 0 Å². The minimum atomic E-state index is -1.30. The second-order valence-electron chi connectivity index (χ2n) is 8.46. The summed E-state index contributed by atoms with van der Waals surface area (Å²) in [6, 6.07) is -0.941. The van der Waals surface area contributed by atoms with Gasteiger partial charge in [0.2, 0.25) is 6.29 Å². The number of ether oxygens (including phenoxy) is 3. The van der Waals surface area contributed by atoms with Gasteiger partial charge in [-0.1, -0.05) is 22.6 Å². The molecule has 2 aromatic rings. The van der Waals surface area contributed by atoms with E-state index >= 15 is 0 Å². The number of carbonyl (C=O) groups is 4. The van der Waals surface area contributed by atoms with Crippen LogP contribution < -0.4 is 15.9 Å². The van der Waals surface area contributed by atoms with E-state index in [9.17, 15) is 19.2 Å². The number of rotatable bonds is 11. The number of fused-ring (bicyclic) bond motifs is 1. The second kappa shape index (κ2) is 13.6. The van der Waals surface area contributed by atoms with E-state index < -0.39 is 41.6 Å². The van der Waals surface area contributed by atoms with Crippen molar-refractivity contribution in [2.75, 3.05) is 11.5 Å². The third-order valence-corrected chi connectivity index (χ3v) is 8.02. The van der Waals surface area contributed by atoms with Gasteiger partial charge in [-0.05, 0) is 36.5 Å². The number of allylic oxidation sites excluding steroid dienone is 1. The van der Waals surface area contributed by atoms with Gasteiger partial charge in [-0.2, -0.15) is 4.98 Å². The van der Waals surface area contributed by atoms with E-state index in [2.05, 4.69) is 25.0 Å². The molecule has 1 fully saturated rings. The molecule has 0 bridgehead atoms. The third-order valence-electron chi connectivity index (χ3n) is 5.55. The molecular weight excluding hydrogens is 598 g/mol. The van der Waals surface area contributed by atoms with E-state index in [1.807, 2.05) is 6.92 Å². The average Bonchev–Trinajstić information content (AvgIpc) is 3.61. The summed E-state index contributed by atoms with van der Waals surface area (Å²) in [6.07, 6.45) is 2.04. The lowest BCUT2D eigenvalue weighted by atomic mass is 10.0. The fourth-order valence-corrected chi connectivity index (χ4v) is 5.67. The lowest BCUT2D eigenvalue weighted by molar-refractivity contribution is -0.169. The second-order valence-corrected chi connectivity index (χ2v) is 11.1. The summed E-state index contributed by atoms with van der Waals surface area (Å²) in [5, 5.41) is 12.9. The molecule has 4 unspecified atom stereocenters. The molecule has 0 radical (unpaired) electrons. The van der Waals surface area contributed by atoms with Crippen LogP contribution in [0.5, 0.6) is 5.88 Å². The summed E-state index contributed by atoms with van der Waals surface area (Å²) < 4.78 is 19.2. The van der Waals surface area contributed by atoms with Crippen molar-refractivity contribution in [1.29, 1.82) is 0 Å². The quantitative estimate of drug-likeness (QED) is 0.121. The molecule has 4 atom stereocenters. The van der Waals surface area contributed by atoms with Crippen LogP contribution in [-0.2, 0) is 28.6 Å². The number of nitrogens with zero attached hydrogens (tertiary/aromatic N) is 5. The van der Waals surface area contributed by atoms with Crippen molar-refractivity contribution in [3.05, 3.63) is 33.8 Å². The highest BCUT2D eigenvalue weighted by Crippen LogP contribution is 2.41. The number of nitrogens with two attached hydrogens (primary N) is 1. The van der Waals surface area contributed by atoms with Gasteiger partial charge >= 0.3 is 12.1 Å². The van der Waals surface area contributed by atoms with Crippen molar-refractivity contribution in [1.82, 2.24) is 24.8 Å². The zero-order valence-electron chi connectivity index (χ0n) is 21.9. The first-order valence-corrected chi connectivity index (χ1v) is 14.9. The van der Waals surface area contributed by atoms with Crippen LogP contribution in [0.2, 0.25) is 0 Å². The van der Waals surface area contributed by atoms with Crippen LogP contribution in [0.15, 0.2) is 33.3 Å². The number of carbonyl (C=O) groups excluding carboxylic acids is 4. The summed E-state index contributed by atoms with van der Waals surface area (Å²) in [6.45, 7) is 4.88. The first-order chi connectivity index (χ1) is 19.7. The van der Waals surface area contributed by atoms with Crippen molar-refractivity contribution >= 4 is 76.0 Å². The molecule has 218 valence electrons. The summed E-state index contributed by atoms with van der Waals surface area (Å²) in [5.74, 6) is -1.71. The van der Waals surface area contributed by atoms with Gasteiger partial charge in [0.15, 0.2) is 5.13 Å². The highest BCUT2D eigenvalue weighted by molar-refractivity contribution is 8.00. The molecule has 2 aromatic heterocycles. The molecule has 1 saturated heterocycles. The van der Waals surface area contributed by atoms with Gasteiger partial charge in [0.1, 0.15) is 29.4 Å². The number of thiazole rings is 1. The third kappa shape index (κ3) is 7.59. The van der Waals surface area contributed by atoms with Gasteiger partial charge in [-0.15, -0.1) is 28.2 Å². The number of β-lactam (4-membered cyclic amide) rings is 1.